The number of thiazole rings is 1. The normalized spacial score (nSPS) is 15.1. The van der Waals surface area contributed by atoms with Crippen LogP contribution in [0.2, 0.25) is 0 Å². The standard InChI is InChI=1S/C22H24N4O2S/c1-16-4-5-18(23-13-16)6-7-19-15-29-22(24-19)25-21(27)20-3-2-10-26(20)14-17-8-11-28-12-9-17/h2-7,10,13,15,17H,8-9,11-12,14H2,1H3,(H,24,25,27)/b7-6+. The van der Waals surface area contributed by atoms with Crippen molar-refractivity contribution >= 4 is 34.5 Å². The average molecular weight is 409 g/mol. The lowest BCUT2D eigenvalue weighted by Crippen LogP contribution is -2.23. The fraction of sp³-hybridized carbons (Fsp3) is 0.318. The molecule has 0 unspecified atom stereocenters. The number of hydrogen-bond donors (Lipinski definition) is 1. The van der Waals surface area contributed by atoms with Gasteiger partial charge in [-0.25, -0.2) is 4.98 Å². The number of pyridine rings is 1. The summed E-state index contributed by atoms with van der Waals surface area (Å²) in [6.45, 7) is 4.46. The van der Waals surface area contributed by atoms with Crippen molar-refractivity contribution in [2.75, 3.05) is 18.5 Å². The molecule has 1 amide bonds. The Morgan fingerprint density at radius 1 is 1.28 bits per heavy atom. The highest BCUT2D eigenvalue weighted by Crippen LogP contribution is 2.21. The molecule has 0 spiro atoms. The third kappa shape index (κ3) is 5.19. The summed E-state index contributed by atoms with van der Waals surface area (Å²) in [7, 11) is 0. The van der Waals surface area contributed by atoms with Gasteiger partial charge in [0.1, 0.15) is 5.69 Å². The van der Waals surface area contributed by atoms with Crippen LogP contribution in [-0.2, 0) is 11.3 Å². The van der Waals surface area contributed by atoms with E-state index in [1.807, 2.05) is 65.7 Å². The monoisotopic (exact) mass is 408 g/mol. The fourth-order valence-corrected chi connectivity index (χ4v) is 3.99. The third-order valence-electron chi connectivity index (χ3n) is 4.96. The molecular formula is C22H24N4O2S. The van der Waals surface area contributed by atoms with E-state index in [2.05, 4.69) is 15.3 Å². The lowest BCUT2D eigenvalue weighted by Gasteiger charge is -2.23. The van der Waals surface area contributed by atoms with Gasteiger partial charge in [0.25, 0.3) is 5.91 Å². The summed E-state index contributed by atoms with van der Waals surface area (Å²) in [5.74, 6) is 0.418. The minimum absolute atomic E-state index is 0.132. The summed E-state index contributed by atoms with van der Waals surface area (Å²) < 4.78 is 7.46. The molecule has 0 aromatic carbocycles. The van der Waals surface area contributed by atoms with E-state index >= 15 is 0 Å². The highest BCUT2D eigenvalue weighted by molar-refractivity contribution is 7.14. The predicted molar refractivity (Wildman–Crippen MR) is 116 cm³/mol. The van der Waals surface area contributed by atoms with E-state index in [0.717, 1.165) is 49.6 Å². The molecule has 1 fully saturated rings. The fourth-order valence-electron chi connectivity index (χ4n) is 3.32. The Morgan fingerprint density at radius 2 is 2.10 bits per heavy atom. The SMILES string of the molecule is Cc1ccc(/C=C/c2csc(NC(=O)c3cccn3CC3CCOCC3)n2)nc1. The van der Waals surface area contributed by atoms with Crippen LogP contribution in [0.3, 0.4) is 0 Å². The second kappa shape index (κ2) is 9.15. The van der Waals surface area contributed by atoms with Gasteiger partial charge in [0.05, 0.1) is 11.4 Å². The van der Waals surface area contributed by atoms with Gasteiger partial charge >= 0.3 is 0 Å². The molecule has 29 heavy (non-hydrogen) atoms. The molecule has 0 saturated carbocycles. The van der Waals surface area contributed by atoms with E-state index in [-0.39, 0.29) is 5.91 Å². The molecule has 4 heterocycles. The van der Waals surface area contributed by atoms with Crippen molar-refractivity contribution in [2.24, 2.45) is 5.92 Å². The van der Waals surface area contributed by atoms with Crippen LogP contribution in [0, 0.1) is 12.8 Å². The van der Waals surface area contributed by atoms with Gasteiger partial charge in [0.15, 0.2) is 5.13 Å². The smallest absolute Gasteiger partial charge is 0.274 e. The Labute approximate surface area is 174 Å². The Bertz CT molecular complexity index is 984. The number of nitrogens with one attached hydrogen (secondary N) is 1. The summed E-state index contributed by atoms with van der Waals surface area (Å²) in [6.07, 6.45) is 9.70. The molecule has 3 aromatic heterocycles. The first kappa shape index (κ1) is 19.5. The second-order valence-corrected chi connectivity index (χ2v) is 8.09. The first-order chi connectivity index (χ1) is 14.2. The van der Waals surface area contributed by atoms with E-state index in [1.165, 1.54) is 11.3 Å². The van der Waals surface area contributed by atoms with Gasteiger partial charge in [-0.2, -0.15) is 0 Å². The Kier molecular flexibility index (Phi) is 6.17. The maximum atomic E-state index is 12.7. The van der Waals surface area contributed by atoms with Crippen LogP contribution in [0.5, 0.6) is 0 Å². The summed E-state index contributed by atoms with van der Waals surface area (Å²) in [5.41, 5.74) is 3.46. The zero-order valence-electron chi connectivity index (χ0n) is 16.4. The molecule has 150 valence electrons. The lowest BCUT2D eigenvalue weighted by atomic mass is 10.0. The Morgan fingerprint density at radius 3 is 2.90 bits per heavy atom. The third-order valence-corrected chi connectivity index (χ3v) is 5.74. The topological polar surface area (TPSA) is 69.0 Å². The molecule has 0 atom stereocenters. The first-order valence-corrected chi connectivity index (χ1v) is 10.7. The number of carbonyl (C=O) groups is 1. The second-order valence-electron chi connectivity index (χ2n) is 7.23. The molecule has 0 radical (unpaired) electrons. The largest absolute Gasteiger partial charge is 0.381 e. The van der Waals surface area contributed by atoms with Crippen LogP contribution in [-0.4, -0.2) is 33.7 Å². The van der Waals surface area contributed by atoms with E-state index in [9.17, 15) is 4.79 Å². The highest BCUT2D eigenvalue weighted by Gasteiger charge is 2.18. The van der Waals surface area contributed by atoms with Crippen molar-refractivity contribution in [1.29, 1.82) is 0 Å². The van der Waals surface area contributed by atoms with Crippen LogP contribution < -0.4 is 5.32 Å². The predicted octanol–water partition coefficient (Wildman–Crippen LogP) is 4.50. The number of amides is 1. The molecule has 0 aliphatic carbocycles. The first-order valence-electron chi connectivity index (χ1n) is 9.78. The van der Waals surface area contributed by atoms with Crippen molar-refractivity contribution in [3.63, 3.8) is 0 Å². The number of anilines is 1. The molecule has 4 rings (SSSR count). The van der Waals surface area contributed by atoms with Crippen molar-refractivity contribution in [2.45, 2.75) is 26.3 Å². The van der Waals surface area contributed by atoms with Crippen LogP contribution >= 0.6 is 11.3 Å². The van der Waals surface area contributed by atoms with Gasteiger partial charge < -0.3 is 9.30 Å². The molecule has 1 saturated heterocycles. The van der Waals surface area contributed by atoms with Gasteiger partial charge in [-0.1, -0.05) is 6.07 Å². The van der Waals surface area contributed by atoms with Gasteiger partial charge in [0.2, 0.25) is 0 Å². The minimum atomic E-state index is -0.132. The number of carbonyl (C=O) groups excluding carboxylic acids is 1. The zero-order chi connectivity index (χ0) is 20.1. The van der Waals surface area contributed by atoms with Crippen LogP contribution in [0.25, 0.3) is 12.2 Å². The Hall–Kier alpha value is -2.77. The summed E-state index contributed by atoms with van der Waals surface area (Å²) in [5, 5.41) is 5.43. The minimum Gasteiger partial charge on any atom is -0.381 e. The highest BCUT2D eigenvalue weighted by atomic mass is 32.1. The van der Waals surface area contributed by atoms with Gasteiger partial charge in [-0.05, 0) is 61.6 Å². The molecule has 1 N–H and O–H groups in total. The molecule has 1 aliphatic heterocycles. The van der Waals surface area contributed by atoms with Crippen molar-refractivity contribution in [3.05, 3.63) is 64.7 Å². The average Bonchev–Trinajstić information content (AvgIpc) is 3.38. The van der Waals surface area contributed by atoms with Crippen LogP contribution in [0.1, 0.15) is 40.3 Å². The lowest BCUT2D eigenvalue weighted by molar-refractivity contribution is 0.0610. The summed E-state index contributed by atoms with van der Waals surface area (Å²) in [6, 6.07) is 7.76. The van der Waals surface area contributed by atoms with Crippen molar-refractivity contribution < 1.29 is 9.53 Å². The van der Waals surface area contributed by atoms with Crippen LogP contribution in [0.15, 0.2) is 42.0 Å². The Balaban J connectivity index is 1.38. The number of aryl methyl sites for hydroxylation is 1. The molecular weight excluding hydrogens is 384 g/mol. The number of hydrogen-bond acceptors (Lipinski definition) is 5. The summed E-state index contributed by atoms with van der Waals surface area (Å²) >= 11 is 1.41. The number of rotatable bonds is 6. The van der Waals surface area contributed by atoms with Gasteiger partial charge in [-0.3, -0.25) is 15.1 Å². The van der Waals surface area contributed by atoms with Gasteiger partial charge in [-0.15, -0.1) is 11.3 Å². The van der Waals surface area contributed by atoms with Crippen LogP contribution in [0.4, 0.5) is 5.13 Å². The number of ether oxygens (including phenoxy) is 1. The van der Waals surface area contributed by atoms with Crippen molar-refractivity contribution in [3.8, 4) is 0 Å². The molecule has 3 aromatic rings. The number of aromatic nitrogens is 3. The summed E-state index contributed by atoms with van der Waals surface area (Å²) in [4.78, 5) is 21.6. The molecule has 6 nitrogen and oxygen atoms in total. The quantitative estimate of drug-likeness (QED) is 0.652. The maximum Gasteiger partial charge on any atom is 0.274 e. The van der Waals surface area contributed by atoms with Gasteiger partial charge in [0, 0.05) is 37.5 Å². The van der Waals surface area contributed by atoms with E-state index < -0.39 is 0 Å². The molecule has 1 aliphatic rings. The van der Waals surface area contributed by atoms with E-state index in [1.54, 1.807) is 0 Å². The zero-order valence-corrected chi connectivity index (χ0v) is 17.2. The van der Waals surface area contributed by atoms with E-state index in [4.69, 9.17) is 4.74 Å². The van der Waals surface area contributed by atoms with E-state index in [0.29, 0.717) is 16.7 Å². The van der Waals surface area contributed by atoms with Crippen molar-refractivity contribution in [1.82, 2.24) is 14.5 Å². The number of nitrogens with zero attached hydrogens (tertiary/aromatic N) is 3. The maximum absolute atomic E-state index is 12.7. The molecule has 0 bridgehead atoms. The molecule has 7 heteroatoms.